The van der Waals surface area contributed by atoms with Gasteiger partial charge in [0.15, 0.2) is 0 Å². The first kappa shape index (κ1) is 11.2. The zero-order valence-electron chi connectivity index (χ0n) is 9.57. The molecule has 17 heavy (non-hydrogen) atoms. The summed E-state index contributed by atoms with van der Waals surface area (Å²) < 4.78 is 26.0. The van der Waals surface area contributed by atoms with Crippen molar-refractivity contribution in [2.45, 2.75) is 42.8 Å². The number of benzene rings is 1. The Morgan fingerprint density at radius 1 is 1.24 bits per heavy atom. The molecule has 0 bridgehead atoms. The van der Waals surface area contributed by atoms with Crippen LogP contribution < -0.4 is 0 Å². The second-order valence-electron chi connectivity index (χ2n) is 4.85. The summed E-state index contributed by atoms with van der Waals surface area (Å²) in [5, 5.41) is 9.66. The lowest BCUT2D eigenvalue weighted by Crippen LogP contribution is -2.23. The standard InChI is InChI=1S/C12H15NO3S/c1-8-2-4-9(5-3-8)17(15,16)13-10-6-7-11(14)12(10)13/h2-5,10-12,14H,6-7H2,1H3/t10-,11+,12-,13?/m0/s1. The number of aryl methyl sites for hydroxylation is 1. The third-order valence-corrected chi connectivity index (χ3v) is 5.61. The fourth-order valence-corrected chi connectivity index (χ4v) is 4.54. The van der Waals surface area contributed by atoms with Crippen LogP contribution in [-0.4, -0.2) is 36.0 Å². The number of aliphatic hydroxyl groups excluding tert-OH is 1. The number of hydrogen-bond donors (Lipinski definition) is 1. The molecule has 0 spiro atoms. The van der Waals surface area contributed by atoms with Gasteiger partial charge in [-0.05, 0) is 31.9 Å². The average molecular weight is 253 g/mol. The fraction of sp³-hybridized carbons (Fsp3) is 0.500. The molecule has 3 rings (SSSR count). The minimum Gasteiger partial charge on any atom is -0.391 e. The number of hydrogen-bond acceptors (Lipinski definition) is 3. The highest BCUT2D eigenvalue weighted by atomic mass is 32.2. The number of rotatable bonds is 2. The van der Waals surface area contributed by atoms with E-state index in [9.17, 15) is 13.5 Å². The number of aliphatic hydroxyl groups is 1. The first-order valence-corrected chi connectivity index (χ1v) is 7.24. The van der Waals surface area contributed by atoms with Crippen LogP contribution in [0.5, 0.6) is 0 Å². The molecule has 0 aromatic heterocycles. The maximum atomic E-state index is 12.3. The third-order valence-electron chi connectivity index (χ3n) is 3.67. The Labute approximate surface area is 101 Å². The zero-order valence-corrected chi connectivity index (χ0v) is 10.4. The van der Waals surface area contributed by atoms with Crippen molar-refractivity contribution in [1.82, 2.24) is 4.31 Å². The first-order valence-electron chi connectivity index (χ1n) is 5.80. The topological polar surface area (TPSA) is 57.4 Å². The van der Waals surface area contributed by atoms with E-state index in [0.717, 1.165) is 18.4 Å². The van der Waals surface area contributed by atoms with Gasteiger partial charge in [0.05, 0.1) is 17.0 Å². The van der Waals surface area contributed by atoms with Crippen LogP contribution in [0.15, 0.2) is 29.2 Å². The number of nitrogens with zero attached hydrogens (tertiary/aromatic N) is 1. The second-order valence-corrected chi connectivity index (χ2v) is 6.69. The molecule has 0 amide bonds. The van der Waals surface area contributed by atoms with Crippen LogP contribution in [-0.2, 0) is 10.0 Å². The molecule has 1 saturated heterocycles. The van der Waals surface area contributed by atoms with Crippen molar-refractivity contribution in [2.24, 2.45) is 0 Å². The molecule has 1 heterocycles. The zero-order chi connectivity index (χ0) is 12.2. The Bertz CT molecular complexity index is 537. The Balaban J connectivity index is 1.91. The van der Waals surface area contributed by atoms with Crippen molar-refractivity contribution in [3.8, 4) is 0 Å². The van der Waals surface area contributed by atoms with Gasteiger partial charge in [0.25, 0.3) is 0 Å². The van der Waals surface area contributed by atoms with Crippen molar-refractivity contribution in [2.75, 3.05) is 0 Å². The quantitative estimate of drug-likeness (QED) is 0.796. The second kappa shape index (κ2) is 3.54. The first-order chi connectivity index (χ1) is 8.01. The maximum Gasteiger partial charge on any atom is 0.243 e. The molecule has 1 saturated carbocycles. The molecule has 1 N–H and O–H groups in total. The van der Waals surface area contributed by atoms with Gasteiger partial charge in [0.2, 0.25) is 10.0 Å². The van der Waals surface area contributed by atoms with Gasteiger partial charge in [-0.2, -0.15) is 4.31 Å². The monoisotopic (exact) mass is 253 g/mol. The fourth-order valence-electron chi connectivity index (χ4n) is 2.68. The number of fused-ring (bicyclic) bond motifs is 1. The summed E-state index contributed by atoms with van der Waals surface area (Å²) in [6.45, 7) is 1.92. The van der Waals surface area contributed by atoms with Crippen molar-refractivity contribution in [1.29, 1.82) is 0 Å². The van der Waals surface area contributed by atoms with E-state index in [0.29, 0.717) is 4.90 Å². The van der Waals surface area contributed by atoms with Crippen LogP contribution in [0, 0.1) is 6.92 Å². The average Bonchev–Trinajstić information content (AvgIpc) is 2.92. The highest BCUT2D eigenvalue weighted by Gasteiger charge is 2.61. The smallest absolute Gasteiger partial charge is 0.243 e. The van der Waals surface area contributed by atoms with Gasteiger partial charge in [0.1, 0.15) is 0 Å². The van der Waals surface area contributed by atoms with Crippen LogP contribution in [0.4, 0.5) is 0 Å². The van der Waals surface area contributed by atoms with Crippen LogP contribution in [0.25, 0.3) is 0 Å². The molecule has 1 unspecified atom stereocenters. The summed E-state index contributed by atoms with van der Waals surface area (Å²) in [5.41, 5.74) is 1.04. The van der Waals surface area contributed by atoms with Gasteiger partial charge in [-0.25, -0.2) is 8.42 Å². The normalized spacial score (nSPS) is 35.6. The van der Waals surface area contributed by atoms with E-state index >= 15 is 0 Å². The predicted molar refractivity (Wildman–Crippen MR) is 63.0 cm³/mol. The maximum absolute atomic E-state index is 12.3. The Morgan fingerprint density at radius 3 is 2.41 bits per heavy atom. The molecule has 1 aromatic carbocycles. The Hall–Kier alpha value is -0.910. The Kier molecular flexibility index (Phi) is 2.33. The third kappa shape index (κ3) is 1.61. The van der Waals surface area contributed by atoms with Crippen molar-refractivity contribution in [3.05, 3.63) is 29.8 Å². The molecule has 0 radical (unpaired) electrons. The van der Waals surface area contributed by atoms with E-state index in [4.69, 9.17) is 0 Å². The van der Waals surface area contributed by atoms with Crippen LogP contribution in [0.1, 0.15) is 18.4 Å². The van der Waals surface area contributed by atoms with E-state index in [1.807, 2.05) is 6.92 Å². The number of sulfonamides is 1. The minimum atomic E-state index is -3.40. The summed E-state index contributed by atoms with van der Waals surface area (Å²) in [4.78, 5) is 0.324. The molecule has 4 nitrogen and oxygen atoms in total. The van der Waals surface area contributed by atoms with E-state index in [1.165, 1.54) is 4.31 Å². The molecule has 5 heteroatoms. The Morgan fingerprint density at radius 2 is 1.88 bits per heavy atom. The van der Waals surface area contributed by atoms with Gasteiger partial charge in [-0.3, -0.25) is 0 Å². The molecule has 92 valence electrons. The van der Waals surface area contributed by atoms with E-state index < -0.39 is 16.1 Å². The van der Waals surface area contributed by atoms with E-state index in [1.54, 1.807) is 24.3 Å². The SMILES string of the molecule is Cc1ccc(S(=O)(=O)N2[C@@H]3[C@H](O)CC[C@@H]32)cc1. The molecule has 2 aliphatic rings. The highest BCUT2D eigenvalue weighted by Crippen LogP contribution is 2.46. The lowest BCUT2D eigenvalue weighted by atomic mass is 10.2. The largest absolute Gasteiger partial charge is 0.391 e. The van der Waals surface area contributed by atoms with Gasteiger partial charge in [-0.1, -0.05) is 17.7 Å². The van der Waals surface area contributed by atoms with Crippen molar-refractivity contribution < 1.29 is 13.5 Å². The minimum absolute atomic E-state index is 0.0244. The van der Waals surface area contributed by atoms with Gasteiger partial charge < -0.3 is 5.11 Å². The van der Waals surface area contributed by atoms with Crippen LogP contribution >= 0.6 is 0 Å². The van der Waals surface area contributed by atoms with Crippen molar-refractivity contribution >= 4 is 10.0 Å². The van der Waals surface area contributed by atoms with E-state index in [2.05, 4.69) is 0 Å². The predicted octanol–water partition coefficient (Wildman–Crippen LogP) is 0.891. The van der Waals surface area contributed by atoms with Crippen LogP contribution in [0.2, 0.25) is 0 Å². The molecule has 4 atom stereocenters. The molecular weight excluding hydrogens is 238 g/mol. The lowest BCUT2D eigenvalue weighted by Gasteiger charge is -2.12. The van der Waals surface area contributed by atoms with Gasteiger partial charge in [-0.15, -0.1) is 0 Å². The van der Waals surface area contributed by atoms with Gasteiger partial charge in [0, 0.05) is 6.04 Å². The summed E-state index contributed by atoms with van der Waals surface area (Å²) in [6.07, 6.45) is 1.01. The van der Waals surface area contributed by atoms with Crippen molar-refractivity contribution in [3.63, 3.8) is 0 Å². The van der Waals surface area contributed by atoms with Gasteiger partial charge >= 0.3 is 0 Å². The molecule has 2 fully saturated rings. The summed E-state index contributed by atoms with van der Waals surface area (Å²) in [5.74, 6) is 0. The summed E-state index contributed by atoms with van der Waals surface area (Å²) in [6, 6.07) is 6.69. The molecule has 1 aliphatic carbocycles. The molecular formula is C12H15NO3S. The van der Waals surface area contributed by atoms with E-state index in [-0.39, 0.29) is 12.1 Å². The summed E-state index contributed by atoms with van der Waals surface area (Å²) >= 11 is 0. The highest BCUT2D eigenvalue weighted by molar-refractivity contribution is 7.89. The summed E-state index contributed by atoms with van der Waals surface area (Å²) in [7, 11) is -3.40. The lowest BCUT2D eigenvalue weighted by molar-refractivity contribution is 0.164. The molecule has 1 aliphatic heterocycles. The number of piperidine rings is 1. The molecule has 1 aromatic rings. The van der Waals surface area contributed by atoms with Crippen LogP contribution in [0.3, 0.4) is 0 Å².